The van der Waals surface area contributed by atoms with Gasteiger partial charge in [-0.3, -0.25) is 4.79 Å². The third-order valence-electron chi connectivity index (χ3n) is 3.89. The van der Waals surface area contributed by atoms with Crippen LogP contribution in [0.1, 0.15) is 24.8 Å². The number of carbonyl (C=O) groups is 1. The highest BCUT2D eigenvalue weighted by Gasteiger charge is 2.11. The second-order valence-corrected chi connectivity index (χ2v) is 5.63. The van der Waals surface area contributed by atoms with Crippen molar-refractivity contribution in [1.82, 2.24) is 0 Å². The summed E-state index contributed by atoms with van der Waals surface area (Å²) in [5.41, 5.74) is 2.04. The minimum atomic E-state index is 0.0478. The molecule has 0 saturated heterocycles. The molecule has 0 aromatic heterocycles. The number of fused-ring (bicyclic) bond motifs is 1. The van der Waals surface area contributed by atoms with Crippen LogP contribution in [0.2, 0.25) is 0 Å². The third-order valence-corrected chi connectivity index (χ3v) is 3.89. The molecule has 0 unspecified atom stereocenters. The third kappa shape index (κ3) is 3.34. The lowest BCUT2D eigenvalue weighted by Crippen LogP contribution is -2.14. The summed E-state index contributed by atoms with van der Waals surface area (Å²) >= 11 is 0. The van der Waals surface area contributed by atoms with E-state index in [1.165, 1.54) is 10.9 Å². The van der Waals surface area contributed by atoms with Crippen LogP contribution in [0.4, 0.5) is 5.69 Å². The second-order valence-electron chi connectivity index (χ2n) is 5.63. The zero-order valence-electron chi connectivity index (χ0n) is 12.6. The van der Waals surface area contributed by atoms with Crippen molar-refractivity contribution in [2.45, 2.75) is 19.3 Å². The minimum Gasteiger partial charge on any atom is -0.326 e. The fourth-order valence-corrected chi connectivity index (χ4v) is 2.66. The lowest BCUT2D eigenvalue weighted by Gasteiger charge is -2.12. The van der Waals surface area contributed by atoms with Gasteiger partial charge < -0.3 is 5.32 Å². The van der Waals surface area contributed by atoms with Gasteiger partial charge in [-0.25, -0.2) is 0 Å². The number of hydrogen-bond donors (Lipinski definition) is 1. The molecule has 1 N–H and O–H groups in total. The molecule has 0 heterocycles. The molecule has 2 heteroatoms. The van der Waals surface area contributed by atoms with Gasteiger partial charge in [0, 0.05) is 12.1 Å². The largest absolute Gasteiger partial charge is 0.326 e. The van der Waals surface area contributed by atoms with E-state index in [4.69, 9.17) is 0 Å². The average molecular weight is 289 g/mol. The molecule has 0 spiro atoms. The molecule has 0 aliphatic rings. The van der Waals surface area contributed by atoms with E-state index in [2.05, 4.69) is 36.5 Å². The Balaban J connectivity index is 1.68. The van der Waals surface area contributed by atoms with Crippen LogP contribution in [-0.2, 0) is 4.79 Å². The number of benzene rings is 3. The molecular formula is C20H19NO. The number of rotatable bonds is 4. The highest BCUT2D eigenvalue weighted by Crippen LogP contribution is 2.21. The summed E-state index contributed by atoms with van der Waals surface area (Å²) in [6.45, 7) is 2.08. The monoisotopic (exact) mass is 289 g/mol. The summed E-state index contributed by atoms with van der Waals surface area (Å²) in [5.74, 6) is 0.258. The van der Waals surface area contributed by atoms with Gasteiger partial charge in [-0.1, -0.05) is 67.6 Å². The Morgan fingerprint density at radius 2 is 1.59 bits per heavy atom. The number of hydrogen-bond acceptors (Lipinski definition) is 1. The zero-order valence-corrected chi connectivity index (χ0v) is 12.6. The normalized spacial score (nSPS) is 12.0. The Morgan fingerprint density at radius 3 is 2.36 bits per heavy atom. The molecule has 3 aromatic carbocycles. The predicted molar refractivity (Wildman–Crippen MR) is 92.1 cm³/mol. The quantitative estimate of drug-likeness (QED) is 0.721. The molecule has 3 rings (SSSR count). The van der Waals surface area contributed by atoms with Gasteiger partial charge in [-0.05, 0) is 34.4 Å². The maximum Gasteiger partial charge on any atom is 0.224 e. The van der Waals surface area contributed by atoms with Crippen molar-refractivity contribution >= 4 is 22.4 Å². The van der Waals surface area contributed by atoms with Crippen molar-refractivity contribution in [3.8, 4) is 0 Å². The first-order valence-electron chi connectivity index (χ1n) is 7.56. The molecule has 0 aliphatic heterocycles. The summed E-state index contributed by atoms with van der Waals surface area (Å²) in [6, 6.07) is 24.3. The molecule has 3 aromatic rings. The Bertz CT molecular complexity index is 780. The molecule has 0 saturated carbocycles. The first-order valence-corrected chi connectivity index (χ1v) is 7.56. The van der Waals surface area contributed by atoms with Crippen LogP contribution in [-0.4, -0.2) is 5.91 Å². The van der Waals surface area contributed by atoms with Gasteiger partial charge >= 0.3 is 0 Å². The van der Waals surface area contributed by atoms with E-state index >= 15 is 0 Å². The predicted octanol–water partition coefficient (Wildman–Crippen LogP) is 4.97. The van der Waals surface area contributed by atoms with Crippen molar-refractivity contribution in [3.05, 3.63) is 78.4 Å². The molecule has 0 radical (unpaired) electrons. The average Bonchev–Trinajstić information content (AvgIpc) is 2.55. The highest BCUT2D eigenvalue weighted by atomic mass is 16.1. The highest BCUT2D eigenvalue weighted by molar-refractivity contribution is 5.94. The summed E-state index contributed by atoms with van der Waals surface area (Å²) < 4.78 is 0. The lowest BCUT2D eigenvalue weighted by molar-refractivity contribution is -0.116. The Kier molecular flexibility index (Phi) is 4.19. The fourth-order valence-electron chi connectivity index (χ4n) is 2.66. The van der Waals surface area contributed by atoms with Crippen molar-refractivity contribution < 1.29 is 4.79 Å². The Morgan fingerprint density at radius 1 is 0.909 bits per heavy atom. The van der Waals surface area contributed by atoms with Gasteiger partial charge in [0.2, 0.25) is 5.91 Å². The van der Waals surface area contributed by atoms with Gasteiger partial charge in [-0.15, -0.1) is 0 Å². The van der Waals surface area contributed by atoms with E-state index in [1.54, 1.807) is 0 Å². The van der Waals surface area contributed by atoms with E-state index in [0.717, 1.165) is 11.1 Å². The smallest absolute Gasteiger partial charge is 0.224 e. The standard InChI is InChI=1S/C20H19NO/c1-15(16-7-3-2-4-8-16)13-20(22)21-19-12-11-17-9-5-6-10-18(17)14-19/h2-12,14-15H,13H2,1H3,(H,21,22)/t15-/m0/s1. The first-order chi connectivity index (χ1) is 10.7. The van der Waals surface area contributed by atoms with Crippen LogP contribution < -0.4 is 5.32 Å². The van der Waals surface area contributed by atoms with E-state index in [0.29, 0.717) is 6.42 Å². The van der Waals surface area contributed by atoms with Gasteiger partial charge in [0.25, 0.3) is 0 Å². The molecule has 0 bridgehead atoms. The number of anilines is 1. The molecule has 1 atom stereocenters. The maximum absolute atomic E-state index is 12.2. The molecule has 0 aliphatic carbocycles. The topological polar surface area (TPSA) is 29.1 Å². The van der Waals surface area contributed by atoms with Crippen LogP contribution in [0.15, 0.2) is 72.8 Å². The molecule has 1 amide bonds. The molecule has 2 nitrogen and oxygen atoms in total. The van der Waals surface area contributed by atoms with E-state index in [1.807, 2.05) is 48.5 Å². The van der Waals surface area contributed by atoms with Crippen LogP contribution in [0, 0.1) is 0 Å². The van der Waals surface area contributed by atoms with E-state index < -0.39 is 0 Å². The second kappa shape index (κ2) is 6.44. The van der Waals surface area contributed by atoms with Crippen molar-refractivity contribution in [1.29, 1.82) is 0 Å². The number of carbonyl (C=O) groups excluding carboxylic acids is 1. The summed E-state index contributed by atoms with van der Waals surface area (Å²) in [6.07, 6.45) is 0.483. The SMILES string of the molecule is C[C@@H](CC(=O)Nc1ccc2ccccc2c1)c1ccccc1. The number of nitrogens with one attached hydrogen (secondary N) is 1. The van der Waals surface area contributed by atoms with Crippen molar-refractivity contribution in [2.24, 2.45) is 0 Å². The van der Waals surface area contributed by atoms with Crippen molar-refractivity contribution in [2.75, 3.05) is 5.32 Å². The van der Waals surface area contributed by atoms with Gasteiger partial charge in [-0.2, -0.15) is 0 Å². The first kappa shape index (κ1) is 14.3. The molecule has 110 valence electrons. The Hall–Kier alpha value is -2.61. The molecule has 0 fully saturated rings. The van der Waals surface area contributed by atoms with E-state index in [9.17, 15) is 4.79 Å². The van der Waals surface area contributed by atoms with Crippen LogP contribution in [0.3, 0.4) is 0 Å². The van der Waals surface area contributed by atoms with Gasteiger partial charge in [0.1, 0.15) is 0 Å². The summed E-state index contributed by atoms with van der Waals surface area (Å²) in [5, 5.41) is 5.31. The fraction of sp³-hybridized carbons (Fsp3) is 0.150. The summed E-state index contributed by atoms with van der Waals surface area (Å²) in [4.78, 5) is 12.2. The molecule has 22 heavy (non-hydrogen) atoms. The molecular weight excluding hydrogens is 270 g/mol. The zero-order chi connectivity index (χ0) is 15.4. The van der Waals surface area contributed by atoms with Gasteiger partial charge in [0.05, 0.1) is 0 Å². The van der Waals surface area contributed by atoms with E-state index in [-0.39, 0.29) is 11.8 Å². The van der Waals surface area contributed by atoms with Gasteiger partial charge in [0.15, 0.2) is 0 Å². The summed E-state index contributed by atoms with van der Waals surface area (Å²) in [7, 11) is 0. The minimum absolute atomic E-state index is 0.0478. The van der Waals surface area contributed by atoms with Crippen LogP contribution in [0.5, 0.6) is 0 Å². The lowest BCUT2D eigenvalue weighted by atomic mass is 9.97. The van der Waals surface area contributed by atoms with Crippen LogP contribution >= 0.6 is 0 Å². The Labute approximate surface area is 130 Å². The van der Waals surface area contributed by atoms with Crippen LogP contribution in [0.25, 0.3) is 10.8 Å². The maximum atomic E-state index is 12.2. The number of amides is 1. The van der Waals surface area contributed by atoms with Crippen molar-refractivity contribution in [3.63, 3.8) is 0 Å².